The van der Waals surface area contributed by atoms with Gasteiger partial charge in [0.25, 0.3) is 0 Å². The SMILES string of the molecule is C=C1CC(OC(=O)C(CCCCCCOc2ccc(C)cc2)(Cc2cc(C(C)(C)C)c(O)c(C(C)(C)C)c2)C(=O)OC2CC(C)(C)N(C)C(C)(C)C2)CC(C)(C)N1C. The third-order valence-corrected chi connectivity index (χ3v) is 13.3. The van der Waals surface area contributed by atoms with E-state index >= 15 is 9.59 Å². The monoisotopic (exact) mass is 803 g/mol. The van der Waals surface area contributed by atoms with Crippen molar-refractivity contribution in [2.75, 3.05) is 20.7 Å². The van der Waals surface area contributed by atoms with E-state index < -0.39 is 34.3 Å². The number of benzene rings is 2. The highest BCUT2D eigenvalue weighted by Gasteiger charge is 2.53. The van der Waals surface area contributed by atoms with Gasteiger partial charge in [-0.1, -0.05) is 97.2 Å². The number of ether oxygens (including phenoxy) is 3. The van der Waals surface area contributed by atoms with Crippen molar-refractivity contribution in [3.05, 3.63) is 70.9 Å². The molecule has 2 fully saturated rings. The Kier molecular flexibility index (Phi) is 14.3. The van der Waals surface area contributed by atoms with Crippen LogP contribution in [0.5, 0.6) is 11.5 Å². The number of phenolic OH excluding ortho intramolecular Hbond substituents is 1. The van der Waals surface area contributed by atoms with Crippen molar-refractivity contribution >= 4 is 11.9 Å². The number of aromatic hydroxyl groups is 1. The summed E-state index contributed by atoms with van der Waals surface area (Å²) in [6.45, 7) is 32.4. The Balaban J connectivity index is 1.76. The van der Waals surface area contributed by atoms with Crippen molar-refractivity contribution < 1.29 is 28.9 Å². The molecule has 1 N–H and O–H groups in total. The van der Waals surface area contributed by atoms with Gasteiger partial charge in [0.05, 0.1) is 6.61 Å². The van der Waals surface area contributed by atoms with Crippen LogP contribution < -0.4 is 4.74 Å². The number of phenols is 1. The first kappa shape index (κ1) is 47.2. The van der Waals surface area contributed by atoms with Gasteiger partial charge in [0.2, 0.25) is 0 Å². The van der Waals surface area contributed by atoms with Gasteiger partial charge in [-0.15, -0.1) is 0 Å². The number of hydrogen-bond acceptors (Lipinski definition) is 8. The lowest BCUT2D eigenvalue weighted by atomic mass is 9.73. The smallest absolute Gasteiger partial charge is 0.324 e. The topological polar surface area (TPSA) is 88.5 Å². The molecule has 0 saturated carbocycles. The van der Waals surface area contributed by atoms with Gasteiger partial charge in [-0.25, -0.2) is 0 Å². The van der Waals surface area contributed by atoms with Crippen LogP contribution >= 0.6 is 0 Å². The van der Waals surface area contributed by atoms with Crippen molar-refractivity contribution in [1.29, 1.82) is 0 Å². The maximum atomic E-state index is 15.3. The minimum Gasteiger partial charge on any atom is -0.507 e. The molecule has 58 heavy (non-hydrogen) atoms. The summed E-state index contributed by atoms with van der Waals surface area (Å²) in [4.78, 5) is 35.1. The fraction of sp³-hybridized carbons (Fsp3) is 0.680. The van der Waals surface area contributed by atoms with Crippen molar-refractivity contribution in [3.63, 3.8) is 0 Å². The number of unbranched alkanes of at least 4 members (excludes halogenated alkanes) is 3. The second-order valence-corrected chi connectivity index (χ2v) is 21.6. The Morgan fingerprint density at radius 3 is 1.74 bits per heavy atom. The normalized spacial score (nSPS) is 21.0. The summed E-state index contributed by atoms with van der Waals surface area (Å²) in [5.41, 5.74) is 1.33. The Morgan fingerprint density at radius 2 is 1.24 bits per heavy atom. The Hall–Kier alpha value is -3.52. The molecule has 2 atom stereocenters. The maximum absolute atomic E-state index is 15.3. The highest BCUT2D eigenvalue weighted by atomic mass is 16.6. The summed E-state index contributed by atoms with van der Waals surface area (Å²) in [5.74, 6) is 0.0612. The molecule has 0 radical (unpaired) electrons. The van der Waals surface area contributed by atoms with E-state index in [9.17, 15) is 5.11 Å². The highest BCUT2D eigenvalue weighted by Crippen LogP contribution is 2.45. The molecule has 2 aromatic carbocycles. The van der Waals surface area contributed by atoms with Crippen LogP contribution in [0.1, 0.15) is 163 Å². The van der Waals surface area contributed by atoms with Gasteiger partial charge in [0.15, 0.2) is 5.41 Å². The zero-order chi connectivity index (χ0) is 43.6. The van der Waals surface area contributed by atoms with Gasteiger partial charge in [0, 0.05) is 55.0 Å². The molecule has 0 aliphatic carbocycles. The van der Waals surface area contributed by atoms with Crippen LogP contribution in [0.2, 0.25) is 0 Å². The number of esters is 2. The summed E-state index contributed by atoms with van der Waals surface area (Å²) in [5, 5.41) is 11.7. The third-order valence-electron chi connectivity index (χ3n) is 13.3. The van der Waals surface area contributed by atoms with Crippen molar-refractivity contribution in [1.82, 2.24) is 9.80 Å². The summed E-state index contributed by atoms with van der Waals surface area (Å²) in [6, 6.07) is 12.1. The number of nitrogens with zero attached hydrogens (tertiary/aromatic N) is 2. The molecule has 2 heterocycles. The van der Waals surface area contributed by atoms with E-state index in [2.05, 4.69) is 113 Å². The highest BCUT2D eigenvalue weighted by molar-refractivity contribution is 6.00. The van der Waals surface area contributed by atoms with Crippen LogP contribution in [0, 0.1) is 12.3 Å². The zero-order valence-electron chi connectivity index (χ0n) is 39.0. The van der Waals surface area contributed by atoms with Gasteiger partial charge in [-0.2, -0.15) is 0 Å². The Bertz CT molecular complexity index is 1710. The lowest BCUT2D eigenvalue weighted by molar-refractivity contribution is -0.185. The van der Waals surface area contributed by atoms with E-state index in [1.165, 1.54) is 5.56 Å². The van der Waals surface area contributed by atoms with E-state index in [0.717, 1.165) is 47.4 Å². The summed E-state index contributed by atoms with van der Waals surface area (Å²) in [6.07, 6.45) is 5.13. The number of likely N-dealkylation sites (tertiary alicyclic amines) is 2. The molecule has 324 valence electrons. The lowest BCUT2D eigenvalue weighted by Gasteiger charge is -2.53. The number of carbonyl (C=O) groups excluding carboxylic acids is 2. The second-order valence-electron chi connectivity index (χ2n) is 21.6. The standard InChI is InChI=1S/C50H78N2O6/c1-34-21-23-37(24-22-34)56-26-20-18-17-19-25-50(43(54)57-38-27-35(2)51(15)47(9,10)31-38,44(55)58-39-32-48(11,12)52(16)49(13,14)33-39)30-36-28-40(45(3,4)5)42(53)41(29-36)46(6,7)8/h21-24,28-29,38-39,53H,2,17-20,25-27,30-33H2,1,3-16H3. The first-order chi connectivity index (χ1) is 26.6. The molecule has 0 amide bonds. The molecule has 2 aliphatic heterocycles. The molecule has 4 rings (SSSR count). The fourth-order valence-corrected chi connectivity index (χ4v) is 9.08. The summed E-state index contributed by atoms with van der Waals surface area (Å²) < 4.78 is 19.2. The van der Waals surface area contributed by atoms with Gasteiger partial charge < -0.3 is 24.2 Å². The van der Waals surface area contributed by atoms with Crippen molar-refractivity contribution in [2.24, 2.45) is 5.41 Å². The van der Waals surface area contributed by atoms with Gasteiger partial charge in [0.1, 0.15) is 23.7 Å². The third kappa shape index (κ3) is 11.2. The van der Waals surface area contributed by atoms with Crippen LogP contribution in [0.25, 0.3) is 0 Å². The number of carbonyl (C=O) groups is 2. The number of aryl methyl sites for hydroxylation is 1. The van der Waals surface area contributed by atoms with E-state index in [-0.39, 0.29) is 41.3 Å². The Labute approximate surface area is 352 Å². The van der Waals surface area contributed by atoms with Crippen LogP contribution in [0.4, 0.5) is 0 Å². The number of hydrogen-bond donors (Lipinski definition) is 1. The van der Waals surface area contributed by atoms with Crippen LogP contribution in [0.15, 0.2) is 48.7 Å². The average Bonchev–Trinajstić information content (AvgIpc) is 3.08. The van der Waals surface area contributed by atoms with E-state index in [0.29, 0.717) is 38.7 Å². The molecule has 2 aromatic rings. The minimum absolute atomic E-state index is 0.101. The van der Waals surface area contributed by atoms with Crippen molar-refractivity contribution in [3.8, 4) is 11.5 Å². The number of rotatable bonds is 14. The van der Waals surface area contributed by atoms with Crippen LogP contribution in [-0.2, 0) is 36.3 Å². The lowest BCUT2D eigenvalue weighted by Crippen LogP contribution is -2.61. The minimum atomic E-state index is -1.62. The van der Waals surface area contributed by atoms with Gasteiger partial charge in [-0.05, 0) is 114 Å². The van der Waals surface area contributed by atoms with Gasteiger partial charge in [-0.3, -0.25) is 14.5 Å². The molecule has 8 nitrogen and oxygen atoms in total. The molecule has 2 unspecified atom stereocenters. The molecular formula is C50H78N2O6. The molecule has 2 saturated heterocycles. The van der Waals surface area contributed by atoms with E-state index in [4.69, 9.17) is 14.2 Å². The fourth-order valence-electron chi connectivity index (χ4n) is 9.08. The first-order valence-corrected chi connectivity index (χ1v) is 21.7. The van der Waals surface area contributed by atoms with Crippen LogP contribution in [-0.4, -0.2) is 76.4 Å². The maximum Gasteiger partial charge on any atom is 0.324 e. The molecule has 0 spiro atoms. The predicted molar refractivity (Wildman–Crippen MR) is 237 cm³/mol. The largest absolute Gasteiger partial charge is 0.507 e. The van der Waals surface area contributed by atoms with E-state index in [1.54, 1.807) is 0 Å². The van der Waals surface area contributed by atoms with Crippen molar-refractivity contribution in [2.45, 2.75) is 194 Å². The zero-order valence-corrected chi connectivity index (χ0v) is 39.0. The molecule has 0 aromatic heterocycles. The molecular weight excluding hydrogens is 725 g/mol. The van der Waals surface area contributed by atoms with Crippen LogP contribution in [0.3, 0.4) is 0 Å². The summed E-state index contributed by atoms with van der Waals surface area (Å²) >= 11 is 0. The molecule has 2 aliphatic rings. The predicted octanol–water partition coefficient (Wildman–Crippen LogP) is 11.0. The quantitative estimate of drug-likeness (QED) is 0.115. The average molecular weight is 803 g/mol. The van der Waals surface area contributed by atoms with E-state index in [1.807, 2.05) is 43.4 Å². The number of piperidine rings is 2. The Morgan fingerprint density at radius 1 is 0.759 bits per heavy atom. The molecule has 0 bridgehead atoms. The summed E-state index contributed by atoms with van der Waals surface area (Å²) in [7, 11) is 4.16. The van der Waals surface area contributed by atoms with Gasteiger partial charge >= 0.3 is 11.9 Å². The molecule has 8 heteroatoms. The second kappa shape index (κ2) is 17.6. The first-order valence-electron chi connectivity index (χ1n) is 21.7.